The number of hydrogen-bond donors (Lipinski definition) is 5. The monoisotopic (exact) mass is 822 g/mol. The third-order valence-electron chi connectivity index (χ3n) is 11.3. The van der Waals surface area contributed by atoms with Crippen molar-refractivity contribution in [3.8, 4) is 0 Å². The van der Waals surface area contributed by atoms with Crippen LogP contribution in [0.25, 0.3) is 0 Å². The van der Waals surface area contributed by atoms with E-state index < -0.39 is 46.6 Å². The second-order valence-corrected chi connectivity index (χ2v) is 17.9. The van der Waals surface area contributed by atoms with Crippen LogP contribution < -0.4 is 10.6 Å². The van der Waals surface area contributed by atoms with Gasteiger partial charge in [-0.3, -0.25) is 24.0 Å². The van der Waals surface area contributed by atoms with Gasteiger partial charge in [-0.2, -0.15) is 12.6 Å². The molecule has 308 valence electrons. The Bertz CT molecular complexity index is 1870. The highest BCUT2D eigenvalue weighted by molar-refractivity contribution is 8.14. The minimum Gasteiger partial charge on any atom is -0.480 e. The number of carbonyl (C=O) groups is 7. The van der Waals surface area contributed by atoms with Crippen molar-refractivity contribution in [2.24, 2.45) is 11.8 Å². The number of carboxylic acid groups (broad SMARTS) is 2. The van der Waals surface area contributed by atoms with E-state index >= 15 is 0 Å². The van der Waals surface area contributed by atoms with Gasteiger partial charge in [0.05, 0.1) is 22.6 Å². The van der Waals surface area contributed by atoms with Gasteiger partial charge in [-0.05, 0) is 72.6 Å². The van der Waals surface area contributed by atoms with Crippen LogP contribution in [0.15, 0.2) is 48.5 Å². The van der Waals surface area contributed by atoms with Gasteiger partial charge in [0, 0.05) is 19.8 Å². The van der Waals surface area contributed by atoms with E-state index in [0.717, 1.165) is 53.3 Å². The van der Waals surface area contributed by atoms with Gasteiger partial charge in [0.25, 0.3) is 0 Å². The highest BCUT2D eigenvalue weighted by atomic mass is 32.2. The average Bonchev–Trinajstić information content (AvgIpc) is 3.37. The van der Waals surface area contributed by atoms with E-state index in [-0.39, 0.29) is 52.7 Å². The molecule has 4 N–H and O–H groups in total. The smallest absolute Gasteiger partial charge is 0.326 e. The molecule has 0 spiro atoms. The molecular formula is C42H54N4O9S2. The molecule has 57 heavy (non-hydrogen) atoms. The summed E-state index contributed by atoms with van der Waals surface area (Å²) >= 11 is 5.30. The van der Waals surface area contributed by atoms with Crippen LogP contribution in [-0.4, -0.2) is 95.4 Å². The fraction of sp³-hybridized carbons (Fsp3) is 0.548. The van der Waals surface area contributed by atoms with Gasteiger partial charge in [-0.1, -0.05) is 88.0 Å². The van der Waals surface area contributed by atoms with Crippen LogP contribution in [0.1, 0.15) is 107 Å². The quantitative estimate of drug-likeness (QED) is 0.221. The number of rotatable bonds is 9. The summed E-state index contributed by atoms with van der Waals surface area (Å²) in [7, 11) is 0. The topological polar surface area (TPSA) is 190 Å². The van der Waals surface area contributed by atoms with E-state index in [4.69, 9.17) is 0 Å². The summed E-state index contributed by atoms with van der Waals surface area (Å²) < 4.78 is 0. The van der Waals surface area contributed by atoms with E-state index in [1.165, 1.54) is 16.7 Å². The van der Waals surface area contributed by atoms with Crippen molar-refractivity contribution in [1.29, 1.82) is 0 Å². The summed E-state index contributed by atoms with van der Waals surface area (Å²) in [4.78, 5) is 90.5. The largest absolute Gasteiger partial charge is 0.480 e. The standard InChI is InChI=1S/C22H28N2O5S.C20H26N2O4S/c1-12(2)19(30-13(3)25)20(26)23-16-11-14-7-4-5-8-15(14)17-9-6-10-18(22(28)29)24(17)21(16)27;1-11(2)17(27)18(23)21-14-10-12-6-3-4-7-13(12)15-8-5-9-16(20(25)26)22(15)19(14)24/h4-5,7-8,12,16-19H,6,9-11H2,1-3H3,(H,23,26)(H,28,29);3-4,6-7,11,14-17,27H,5,8-10H2,1-2H3,(H,21,23)(H,25,26)/t16-,17+,18-,19-;14-,15+,16-,17-/m00/s1. The number of carboxylic acids is 2. The van der Waals surface area contributed by atoms with E-state index in [2.05, 4.69) is 23.3 Å². The number of thioether (sulfide) groups is 1. The lowest BCUT2D eigenvalue weighted by Gasteiger charge is -2.40. The zero-order valence-corrected chi connectivity index (χ0v) is 34.8. The Morgan fingerprint density at radius 2 is 1.11 bits per heavy atom. The molecule has 2 aromatic carbocycles. The first-order chi connectivity index (χ1) is 27.0. The lowest BCUT2D eigenvalue weighted by molar-refractivity contribution is -0.156. The normalized spacial score (nSPS) is 25.2. The first-order valence-corrected chi connectivity index (χ1v) is 21.1. The van der Waals surface area contributed by atoms with E-state index in [0.29, 0.717) is 32.1 Å². The SMILES string of the molecule is CC(=O)S[C@H](C(=O)N[C@H]1Cc2ccccc2[C@H]2CCC[C@@H](C(=O)O)N2C1=O)C(C)C.CC(C)[C@H](S)C(=O)N[C@H]1Cc2ccccc2[C@H]2CCC[C@@H](C(=O)O)N2C1=O. The van der Waals surface area contributed by atoms with Gasteiger partial charge in [0.1, 0.15) is 24.2 Å². The zero-order valence-electron chi connectivity index (χ0n) is 33.1. The number of amides is 4. The molecule has 0 radical (unpaired) electrons. The van der Waals surface area contributed by atoms with Gasteiger partial charge in [0.15, 0.2) is 5.12 Å². The number of nitrogens with zero attached hydrogens (tertiary/aromatic N) is 2. The number of thiol groups is 1. The maximum Gasteiger partial charge on any atom is 0.326 e. The van der Waals surface area contributed by atoms with Crippen molar-refractivity contribution in [3.63, 3.8) is 0 Å². The minimum absolute atomic E-state index is 0.0241. The summed E-state index contributed by atoms with van der Waals surface area (Å²) in [5, 5.41) is 23.8. The average molecular weight is 823 g/mol. The van der Waals surface area contributed by atoms with E-state index in [1.807, 2.05) is 76.2 Å². The van der Waals surface area contributed by atoms with Crippen LogP contribution in [0.3, 0.4) is 0 Å². The lowest BCUT2D eigenvalue weighted by Crippen LogP contribution is -2.56. The van der Waals surface area contributed by atoms with Crippen molar-refractivity contribution in [1.82, 2.24) is 20.4 Å². The Morgan fingerprint density at radius 1 is 0.684 bits per heavy atom. The molecule has 0 bridgehead atoms. The first kappa shape index (κ1) is 43.7. The van der Waals surface area contributed by atoms with Gasteiger partial charge >= 0.3 is 11.9 Å². The molecule has 0 aromatic heterocycles. The summed E-state index contributed by atoms with van der Waals surface area (Å²) in [6.07, 6.45) is 4.39. The maximum absolute atomic E-state index is 13.5. The molecule has 4 amide bonds. The molecule has 15 heteroatoms. The highest BCUT2D eigenvalue weighted by Crippen LogP contribution is 2.41. The van der Waals surface area contributed by atoms with Crippen molar-refractivity contribution < 1.29 is 43.8 Å². The molecule has 2 aromatic rings. The summed E-state index contributed by atoms with van der Waals surface area (Å²) in [6.45, 7) is 8.90. The summed E-state index contributed by atoms with van der Waals surface area (Å²) in [5.74, 6) is -3.45. The third kappa shape index (κ3) is 9.85. The Balaban J connectivity index is 0.000000219. The predicted molar refractivity (Wildman–Crippen MR) is 218 cm³/mol. The fourth-order valence-electron chi connectivity index (χ4n) is 8.48. The molecule has 0 aliphatic carbocycles. The third-order valence-corrected chi connectivity index (χ3v) is 13.5. The van der Waals surface area contributed by atoms with Crippen LogP contribution in [0.2, 0.25) is 0 Å². The molecule has 0 unspecified atom stereocenters. The van der Waals surface area contributed by atoms with Crippen LogP contribution in [0, 0.1) is 11.8 Å². The molecule has 2 fully saturated rings. The zero-order chi connectivity index (χ0) is 41.7. The number of nitrogens with one attached hydrogen (secondary N) is 2. The molecule has 6 rings (SSSR count). The number of fused-ring (bicyclic) bond motifs is 6. The van der Waals surface area contributed by atoms with Gasteiger partial charge in [-0.25, -0.2) is 9.59 Å². The Morgan fingerprint density at radius 3 is 1.49 bits per heavy atom. The minimum atomic E-state index is -1.02. The van der Waals surface area contributed by atoms with Crippen molar-refractivity contribution in [3.05, 3.63) is 70.8 Å². The van der Waals surface area contributed by atoms with Gasteiger partial charge in [0.2, 0.25) is 23.6 Å². The second kappa shape index (κ2) is 18.9. The number of carbonyl (C=O) groups excluding carboxylic acids is 5. The first-order valence-electron chi connectivity index (χ1n) is 19.7. The Kier molecular flexibility index (Phi) is 14.5. The van der Waals surface area contributed by atoms with Crippen LogP contribution in [0.4, 0.5) is 0 Å². The number of benzene rings is 2. The number of hydrogen-bond acceptors (Lipinski definition) is 9. The second-order valence-electron chi connectivity index (χ2n) is 16.0. The molecule has 2 saturated heterocycles. The molecule has 4 heterocycles. The molecule has 13 nitrogen and oxygen atoms in total. The summed E-state index contributed by atoms with van der Waals surface area (Å²) in [6, 6.07) is 11.4. The molecule has 4 aliphatic heterocycles. The summed E-state index contributed by atoms with van der Waals surface area (Å²) in [5.41, 5.74) is 3.86. The highest BCUT2D eigenvalue weighted by Gasteiger charge is 2.46. The molecule has 0 saturated carbocycles. The van der Waals surface area contributed by atoms with Crippen molar-refractivity contribution in [2.75, 3.05) is 0 Å². The Labute approximate surface area is 343 Å². The van der Waals surface area contributed by atoms with Crippen molar-refractivity contribution in [2.45, 2.75) is 133 Å². The van der Waals surface area contributed by atoms with Crippen LogP contribution >= 0.6 is 24.4 Å². The van der Waals surface area contributed by atoms with Gasteiger partial charge < -0.3 is 30.6 Å². The van der Waals surface area contributed by atoms with E-state index in [9.17, 15) is 43.8 Å². The molecule has 4 aliphatic rings. The van der Waals surface area contributed by atoms with Crippen LogP contribution in [-0.2, 0) is 46.4 Å². The number of aliphatic carboxylic acids is 2. The predicted octanol–water partition coefficient (Wildman–Crippen LogP) is 4.73. The lowest BCUT2D eigenvalue weighted by atomic mass is 9.89. The maximum atomic E-state index is 13.5. The Hall–Kier alpha value is -4.37. The molecule has 8 atom stereocenters. The van der Waals surface area contributed by atoms with Crippen LogP contribution in [0.5, 0.6) is 0 Å². The van der Waals surface area contributed by atoms with Gasteiger partial charge in [-0.15, -0.1) is 0 Å². The number of piperidine rings is 2. The van der Waals surface area contributed by atoms with Crippen molar-refractivity contribution >= 4 is 65.1 Å². The molecular weight excluding hydrogens is 769 g/mol. The van der Waals surface area contributed by atoms with E-state index in [1.54, 1.807) is 0 Å². The fourth-order valence-corrected chi connectivity index (χ4v) is 9.36.